The SMILES string of the molecule is CSc1ccc(/C=N\N2CC[NH+](Cc3ccc(C)cc3)CC2)cc1. The van der Waals surface area contributed by atoms with Gasteiger partial charge in [-0.05, 0) is 30.9 Å². The van der Waals surface area contributed by atoms with Crippen LogP contribution in [0.1, 0.15) is 16.7 Å². The molecule has 1 aliphatic heterocycles. The number of nitrogens with one attached hydrogen (secondary N) is 1. The fraction of sp³-hybridized carbons (Fsp3) is 0.350. The van der Waals surface area contributed by atoms with E-state index >= 15 is 0 Å². The van der Waals surface area contributed by atoms with Gasteiger partial charge in [-0.1, -0.05) is 42.0 Å². The molecule has 1 aliphatic rings. The molecule has 0 atom stereocenters. The lowest BCUT2D eigenvalue weighted by atomic mass is 10.1. The van der Waals surface area contributed by atoms with Crippen LogP contribution in [0.25, 0.3) is 0 Å². The molecule has 0 aliphatic carbocycles. The maximum absolute atomic E-state index is 4.65. The third-order valence-corrected chi connectivity index (χ3v) is 5.25. The second-order valence-electron chi connectivity index (χ2n) is 6.38. The van der Waals surface area contributed by atoms with E-state index in [1.807, 2.05) is 6.21 Å². The van der Waals surface area contributed by atoms with E-state index in [1.54, 1.807) is 16.7 Å². The topological polar surface area (TPSA) is 20.0 Å². The second kappa shape index (κ2) is 8.36. The molecule has 4 heteroatoms. The Hall–Kier alpha value is -1.78. The second-order valence-corrected chi connectivity index (χ2v) is 7.26. The van der Waals surface area contributed by atoms with Crippen molar-refractivity contribution in [3.05, 3.63) is 65.2 Å². The van der Waals surface area contributed by atoms with Crippen LogP contribution in [0.4, 0.5) is 0 Å². The van der Waals surface area contributed by atoms with Crippen LogP contribution in [0.2, 0.25) is 0 Å². The number of aryl methyl sites for hydroxylation is 1. The minimum atomic E-state index is 1.03. The smallest absolute Gasteiger partial charge is 0.103 e. The highest BCUT2D eigenvalue weighted by Crippen LogP contribution is 2.14. The van der Waals surface area contributed by atoms with Gasteiger partial charge in [0.15, 0.2) is 0 Å². The van der Waals surface area contributed by atoms with Gasteiger partial charge in [0.25, 0.3) is 0 Å². The van der Waals surface area contributed by atoms with Crippen molar-refractivity contribution in [2.45, 2.75) is 18.4 Å². The van der Waals surface area contributed by atoms with Gasteiger partial charge in [0.2, 0.25) is 0 Å². The lowest BCUT2D eigenvalue weighted by molar-refractivity contribution is -0.918. The molecule has 0 unspecified atom stereocenters. The van der Waals surface area contributed by atoms with Gasteiger partial charge < -0.3 is 4.90 Å². The van der Waals surface area contributed by atoms with Gasteiger partial charge in [0, 0.05) is 10.5 Å². The summed E-state index contributed by atoms with van der Waals surface area (Å²) in [5.41, 5.74) is 3.93. The number of hydrogen-bond donors (Lipinski definition) is 1. The Balaban J connectivity index is 1.47. The van der Waals surface area contributed by atoms with Crippen LogP contribution < -0.4 is 4.90 Å². The molecule has 3 nitrogen and oxygen atoms in total. The van der Waals surface area contributed by atoms with Gasteiger partial charge in [0.05, 0.1) is 32.4 Å². The van der Waals surface area contributed by atoms with Crippen LogP contribution in [0, 0.1) is 6.92 Å². The molecule has 1 N–H and O–H groups in total. The van der Waals surface area contributed by atoms with E-state index in [1.165, 1.54) is 21.6 Å². The Bertz CT molecular complexity index is 656. The van der Waals surface area contributed by atoms with Crippen LogP contribution in [0.3, 0.4) is 0 Å². The lowest BCUT2D eigenvalue weighted by Gasteiger charge is -2.30. The summed E-state index contributed by atoms with van der Waals surface area (Å²) in [6.07, 6.45) is 4.08. The summed E-state index contributed by atoms with van der Waals surface area (Å²) in [6, 6.07) is 17.5. The zero-order valence-electron chi connectivity index (χ0n) is 14.5. The number of quaternary nitrogens is 1. The largest absolute Gasteiger partial charge is 0.328 e. The van der Waals surface area contributed by atoms with E-state index in [-0.39, 0.29) is 0 Å². The first-order chi connectivity index (χ1) is 11.7. The predicted octanol–water partition coefficient (Wildman–Crippen LogP) is 2.45. The summed E-state index contributed by atoms with van der Waals surface area (Å²) in [6.45, 7) is 7.62. The first-order valence-corrected chi connectivity index (χ1v) is 9.77. The lowest BCUT2D eigenvalue weighted by Crippen LogP contribution is -3.13. The quantitative estimate of drug-likeness (QED) is 0.666. The number of piperazine rings is 1. The van der Waals surface area contributed by atoms with E-state index in [9.17, 15) is 0 Å². The summed E-state index contributed by atoms with van der Waals surface area (Å²) in [7, 11) is 0. The van der Waals surface area contributed by atoms with E-state index in [4.69, 9.17) is 0 Å². The molecule has 1 fully saturated rings. The number of benzene rings is 2. The van der Waals surface area contributed by atoms with Crippen LogP contribution in [-0.4, -0.2) is 43.7 Å². The van der Waals surface area contributed by atoms with E-state index in [2.05, 4.69) is 71.8 Å². The molecule has 0 aromatic heterocycles. The third kappa shape index (κ3) is 4.86. The Morgan fingerprint density at radius 2 is 1.71 bits per heavy atom. The Morgan fingerprint density at radius 3 is 2.33 bits per heavy atom. The highest BCUT2D eigenvalue weighted by molar-refractivity contribution is 7.98. The molecule has 0 radical (unpaired) electrons. The van der Waals surface area contributed by atoms with Crippen molar-refractivity contribution in [2.75, 3.05) is 32.4 Å². The van der Waals surface area contributed by atoms with Crippen molar-refractivity contribution in [3.63, 3.8) is 0 Å². The van der Waals surface area contributed by atoms with Gasteiger partial charge in [-0.3, -0.25) is 5.01 Å². The number of thioether (sulfide) groups is 1. The fourth-order valence-corrected chi connectivity index (χ4v) is 3.34. The van der Waals surface area contributed by atoms with Crippen molar-refractivity contribution in [1.82, 2.24) is 5.01 Å². The number of rotatable bonds is 5. The third-order valence-electron chi connectivity index (χ3n) is 4.51. The molecule has 0 saturated carbocycles. The molecule has 0 amide bonds. The van der Waals surface area contributed by atoms with Crippen molar-refractivity contribution in [1.29, 1.82) is 0 Å². The Kier molecular flexibility index (Phi) is 5.94. The monoisotopic (exact) mass is 340 g/mol. The van der Waals surface area contributed by atoms with Gasteiger partial charge in [-0.15, -0.1) is 11.8 Å². The van der Waals surface area contributed by atoms with Gasteiger partial charge in [0.1, 0.15) is 6.54 Å². The van der Waals surface area contributed by atoms with Crippen LogP contribution in [0.15, 0.2) is 58.5 Å². The maximum Gasteiger partial charge on any atom is 0.103 e. The molecular formula is C20H26N3S+. The predicted molar refractivity (Wildman–Crippen MR) is 103 cm³/mol. The molecule has 3 rings (SSSR count). The first kappa shape index (κ1) is 17.1. The Labute approximate surface area is 149 Å². The maximum atomic E-state index is 4.65. The molecule has 1 saturated heterocycles. The zero-order chi connectivity index (χ0) is 16.8. The summed E-state index contributed by atoms with van der Waals surface area (Å²) in [5.74, 6) is 0. The van der Waals surface area contributed by atoms with Crippen molar-refractivity contribution >= 4 is 18.0 Å². The average molecular weight is 341 g/mol. The van der Waals surface area contributed by atoms with E-state index in [0.29, 0.717) is 0 Å². The highest BCUT2D eigenvalue weighted by Gasteiger charge is 2.18. The molecule has 0 bridgehead atoms. The molecule has 1 heterocycles. The molecule has 0 spiro atoms. The number of hydrazone groups is 1. The van der Waals surface area contributed by atoms with Gasteiger partial charge in [-0.25, -0.2) is 0 Å². The van der Waals surface area contributed by atoms with Crippen molar-refractivity contribution < 1.29 is 4.90 Å². The van der Waals surface area contributed by atoms with Gasteiger partial charge >= 0.3 is 0 Å². The molecule has 2 aromatic rings. The average Bonchev–Trinajstić information content (AvgIpc) is 2.63. The molecular weight excluding hydrogens is 314 g/mol. The number of hydrogen-bond acceptors (Lipinski definition) is 3. The fourth-order valence-electron chi connectivity index (χ4n) is 2.94. The van der Waals surface area contributed by atoms with Crippen molar-refractivity contribution in [3.8, 4) is 0 Å². The van der Waals surface area contributed by atoms with Crippen molar-refractivity contribution in [2.24, 2.45) is 5.10 Å². The molecule has 126 valence electrons. The minimum Gasteiger partial charge on any atom is -0.328 e. The highest BCUT2D eigenvalue weighted by atomic mass is 32.2. The van der Waals surface area contributed by atoms with Crippen LogP contribution in [-0.2, 0) is 6.54 Å². The Morgan fingerprint density at radius 1 is 1.04 bits per heavy atom. The molecule has 24 heavy (non-hydrogen) atoms. The minimum absolute atomic E-state index is 1.03. The van der Waals surface area contributed by atoms with E-state index < -0.39 is 0 Å². The molecule has 2 aromatic carbocycles. The van der Waals surface area contributed by atoms with Gasteiger partial charge in [-0.2, -0.15) is 5.10 Å². The van der Waals surface area contributed by atoms with E-state index in [0.717, 1.165) is 32.7 Å². The van der Waals surface area contributed by atoms with Crippen LogP contribution in [0.5, 0.6) is 0 Å². The summed E-state index contributed by atoms with van der Waals surface area (Å²) >= 11 is 1.77. The summed E-state index contributed by atoms with van der Waals surface area (Å²) in [5, 5.41) is 6.85. The van der Waals surface area contributed by atoms with Crippen LogP contribution >= 0.6 is 11.8 Å². The normalized spacial score (nSPS) is 16.0. The zero-order valence-corrected chi connectivity index (χ0v) is 15.4. The first-order valence-electron chi connectivity index (χ1n) is 8.55. The standard InChI is InChI=1S/C20H25N3S/c1-17-3-5-19(6-4-17)16-22-11-13-23(14-12-22)21-15-18-7-9-20(24-2)10-8-18/h3-10,15H,11-14,16H2,1-2H3/p+1/b21-15-. The summed E-state index contributed by atoms with van der Waals surface area (Å²) in [4.78, 5) is 2.94. The summed E-state index contributed by atoms with van der Waals surface area (Å²) < 4.78 is 0. The number of nitrogens with zero attached hydrogens (tertiary/aromatic N) is 2.